The molecule has 1 unspecified atom stereocenters. The van der Waals surface area contributed by atoms with E-state index in [4.69, 9.17) is 4.74 Å². The Morgan fingerprint density at radius 1 is 1.42 bits per heavy atom. The molecular formula is C15H21NO3. The molecule has 0 bridgehead atoms. The first-order valence-electron chi connectivity index (χ1n) is 6.73. The summed E-state index contributed by atoms with van der Waals surface area (Å²) in [7, 11) is 1.64. The monoisotopic (exact) mass is 263 g/mol. The van der Waals surface area contributed by atoms with Crippen LogP contribution in [0.15, 0.2) is 30.3 Å². The number of benzene rings is 1. The van der Waals surface area contributed by atoms with Crippen molar-refractivity contribution in [3.05, 3.63) is 35.9 Å². The van der Waals surface area contributed by atoms with Crippen LogP contribution in [-0.4, -0.2) is 48.8 Å². The predicted molar refractivity (Wildman–Crippen MR) is 73.3 cm³/mol. The van der Waals surface area contributed by atoms with Crippen molar-refractivity contribution in [2.24, 2.45) is 0 Å². The van der Waals surface area contributed by atoms with E-state index >= 15 is 0 Å². The molecule has 1 N–H and O–H groups in total. The summed E-state index contributed by atoms with van der Waals surface area (Å²) in [6, 6.07) is 9.93. The van der Waals surface area contributed by atoms with Crippen LogP contribution in [0, 0.1) is 0 Å². The number of carboxylic acid groups (broad SMARTS) is 1. The van der Waals surface area contributed by atoms with Gasteiger partial charge in [0.15, 0.2) is 0 Å². The highest BCUT2D eigenvalue weighted by Crippen LogP contribution is 2.29. The number of hydrogen-bond acceptors (Lipinski definition) is 3. The largest absolute Gasteiger partial charge is 0.480 e. The number of likely N-dealkylation sites (tertiary alicyclic amines) is 1. The van der Waals surface area contributed by atoms with E-state index in [0.29, 0.717) is 18.9 Å². The maximum Gasteiger partial charge on any atom is 0.320 e. The third-order valence-electron chi connectivity index (χ3n) is 3.73. The fourth-order valence-corrected chi connectivity index (χ4v) is 2.59. The van der Waals surface area contributed by atoms with Crippen molar-refractivity contribution < 1.29 is 14.6 Å². The van der Waals surface area contributed by atoms with Crippen molar-refractivity contribution in [1.29, 1.82) is 0 Å². The molecule has 2 rings (SSSR count). The molecule has 1 aliphatic rings. The maximum atomic E-state index is 11.3. The molecule has 1 heterocycles. The van der Waals surface area contributed by atoms with Crippen LogP contribution in [-0.2, 0) is 9.53 Å². The lowest BCUT2D eigenvalue weighted by molar-refractivity contribution is -0.145. The van der Waals surface area contributed by atoms with Crippen molar-refractivity contribution in [2.45, 2.75) is 24.8 Å². The molecule has 104 valence electrons. The van der Waals surface area contributed by atoms with Crippen LogP contribution < -0.4 is 0 Å². The molecule has 0 radical (unpaired) electrons. The van der Waals surface area contributed by atoms with Gasteiger partial charge in [-0.1, -0.05) is 30.3 Å². The number of hydrogen-bond donors (Lipinski definition) is 1. The first-order chi connectivity index (χ1) is 9.22. The zero-order valence-electron chi connectivity index (χ0n) is 11.3. The van der Waals surface area contributed by atoms with Gasteiger partial charge in [0, 0.05) is 32.7 Å². The summed E-state index contributed by atoms with van der Waals surface area (Å²) in [6.45, 7) is 2.31. The summed E-state index contributed by atoms with van der Waals surface area (Å²) >= 11 is 0. The standard InChI is InChI=1S/C15H21NO3/c1-19-9-5-8-14(15(17)18)16-10-13(11-16)12-6-3-2-4-7-12/h2-4,6-7,13-14H,5,8-11H2,1H3,(H,17,18). The molecule has 0 saturated carbocycles. The van der Waals surface area contributed by atoms with Gasteiger partial charge in [-0.3, -0.25) is 9.69 Å². The third kappa shape index (κ3) is 3.55. The number of carbonyl (C=O) groups is 1. The van der Waals surface area contributed by atoms with E-state index in [1.165, 1.54) is 5.56 Å². The summed E-state index contributed by atoms with van der Waals surface area (Å²) in [5.41, 5.74) is 1.31. The smallest absolute Gasteiger partial charge is 0.320 e. The van der Waals surface area contributed by atoms with Crippen molar-refractivity contribution in [1.82, 2.24) is 4.90 Å². The molecule has 1 aromatic rings. The maximum absolute atomic E-state index is 11.3. The van der Waals surface area contributed by atoms with Crippen LogP contribution in [0.3, 0.4) is 0 Å². The Morgan fingerprint density at radius 2 is 2.11 bits per heavy atom. The fourth-order valence-electron chi connectivity index (χ4n) is 2.59. The van der Waals surface area contributed by atoms with Crippen molar-refractivity contribution >= 4 is 5.97 Å². The summed E-state index contributed by atoms with van der Waals surface area (Å²) in [5, 5.41) is 9.28. The van der Waals surface area contributed by atoms with E-state index in [9.17, 15) is 9.90 Å². The van der Waals surface area contributed by atoms with Crippen LogP contribution in [0.2, 0.25) is 0 Å². The lowest BCUT2D eigenvalue weighted by Gasteiger charge is -2.43. The molecule has 0 aliphatic carbocycles. The number of nitrogens with zero attached hydrogens (tertiary/aromatic N) is 1. The Balaban J connectivity index is 1.84. The van der Waals surface area contributed by atoms with E-state index in [1.54, 1.807) is 7.11 Å². The molecule has 1 aliphatic heterocycles. The van der Waals surface area contributed by atoms with Gasteiger partial charge in [0.2, 0.25) is 0 Å². The predicted octanol–water partition coefficient (Wildman–Crippen LogP) is 1.97. The normalized spacial score (nSPS) is 17.9. The summed E-state index contributed by atoms with van der Waals surface area (Å²) in [4.78, 5) is 13.3. The van der Waals surface area contributed by atoms with Gasteiger partial charge in [-0.2, -0.15) is 0 Å². The van der Waals surface area contributed by atoms with Gasteiger partial charge in [-0.25, -0.2) is 0 Å². The summed E-state index contributed by atoms with van der Waals surface area (Å²) < 4.78 is 4.98. The van der Waals surface area contributed by atoms with Gasteiger partial charge in [0.1, 0.15) is 6.04 Å². The van der Waals surface area contributed by atoms with E-state index in [2.05, 4.69) is 17.0 Å². The average Bonchev–Trinajstić information content (AvgIpc) is 2.36. The van der Waals surface area contributed by atoms with Gasteiger partial charge in [-0.05, 0) is 18.4 Å². The number of ether oxygens (including phenoxy) is 1. The van der Waals surface area contributed by atoms with Crippen LogP contribution in [0.5, 0.6) is 0 Å². The number of methoxy groups -OCH3 is 1. The van der Waals surface area contributed by atoms with E-state index in [-0.39, 0.29) is 6.04 Å². The SMILES string of the molecule is COCCCC(C(=O)O)N1CC(c2ccccc2)C1. The highest BCUT2D eigenvalue weighted by molar-refractivity contribution is 5.73. The summed E-state index contributed by atoms with van der Waals surface area (Å²) in [6.07, 6.45) is 1.45. The molecule has 1 saturated heterocycles. The zero-order valence-corrected chi connectivity index (χ0v) is 11.3. The fraction of sp³-hybridized carbons (Fsp3) is 0.533. The second-order valence-electron chi connectivity index (χ2n) is 5.05. The quantitative estimate of drug-likeness (QED) is 0.764. The van der Waals surface area contributed by atoms with E-state index < -0.39 is 5.97 Å². The minimum absolute atomic E-state index is 0.366. The molecule has 4 nitrogen and oxygen atoms in total. The molecule has 0 amide bonds. The Kier molecular flexibility index (Phi) is 4.93. The number of carboxylic acids is 1. The van der Waals surface area contributed by atoms with Crippen LogP contribution in [0.4, 0.5) is 0 Å². The third-order valence-corrected chi connectivity index (χ3v) is 3.73. The molecule has 4 heteroatoms. The molecular weight excluding hydrogens is 242 g/mol. The Morgan fingerprint density at radius 3 is 2.68 bits per heavy atom. The van der Waals surface area contributed by atoms with Crippen molar-refractivity contribution in [2.75, 3.05) is 26.8 Å². The summed E-state index contributed by atoms with van der Waals surface area (Å²) in [5.74, 6) is -0.243. The Hall–Kier alpha value is -1.39. The topological polar surface area (TPSA) is 49.8 Å². The minimum atomic E-state index is -0.720. The van der Waals surface area contributed by atoms with E-state index in [1.807, 2.05) is 18.2 Å². The van der Waals surface area contributed by atoms with Gasteiger partial charge in [0.05, 0.1) is 0 Å². The van der Waals surface area contributed by atoms with Gasteiger partial charge >= 0.3 is 5.97 Å². The second kappa shape index (κ2) is 6.68. The first-order valence-corrected chi connectivity index (χ1v) is 6.73. The lowest BCUT2D eigenvalue weighted by Crippen LogP contribution is -2.53. The van der Waals surface area contributed by atoms with E-state index in [0.717, 1.165) is 19.5 Å². The molecule has 19 heavy (non-hydrogen) atoms. The zero-order chi connectivity index (χ0) is 13.7. The second-order valence-corrected chi connectivity index (χ2v) is 5.05. The highest BCUT2D eigenvalue weighted by Gasteiger charge is 2.36. The molecule has 1 atom stereocenters. The van der Waals surface area contributed by atoms with Crippen LogP contribution in [0.1, 0.15) is 24.3 Å². The van der Waals surface area contributed by atoms with Crippen molar-refractivity contribution in [3.63, 3.8) is 0 Å². The van der Waals surface area contributed by atoms with Crippen LogP contribution >= 0.6 is 0 Å². The van der Waals surface area contributed by atoms with Crippen molar-refractivity contribution in [3.8, 4) is 0 Å². The lowest BCUT2D eigenvalue weighted by atomic mass is 9.89. The van der Waals surface area contributed by atoms with Gasteiger partial charge in [-0.15, -0.1) is 0 Å². The van der Waals surface area contributed by atoms with Crippen LogP contribution in [0.25, 0.3) is 0 Å². The van der Waals surface area contributed by atoms with Gasteiger partial charge in [0.25, 0.3) is 0 Å². The molecule has 1 fully saturated rings. The first kappa shape index (κ1) is 14.0. The number of aliphatic carboxylic acids is 1. The molecule has 1 aromatic carbocycles. The Bertz CT molecular complexity index is 401. The molecule has 0 spiro atoms. The average molecular weight is 263 g/mol. The highest BCUT2D eigenvalue weighted by atomic mass is 16.5. The minimum Gasteiger partial charge on any atom is -0.480 e. The Labute approximate surface area is 114 Å². The number of rotatable bonds is 7. The van der Waals surface area contributed by atoms with Gasteiger partial charge < -0.3 is 9.84 Å². The molecule has 0 aromatic heterocycles.